The zero-order chi connectivity index (χ0) is 23.0. The van der Waals surface area contributed by atoms with E-state index in [4.69, 9.17) is 5.11 Å². The van der Waals surface area contributed by atoms with Gasteiger partial charge in [-0.05, 0) is 48.9 Å². The first kappa shape index (κ1) is 24.2. The SMILES string of the molecule is C[C@@H](O)[C@H](NC(=O)c1ccc(C#Cc2cccc(CNS(C)(=O)=O)c2)cc1)C(=O)CO. The highest BCUT2D eigenvalue weighted by atomic mass is 32.2. The van der Waals surface area contributed by atoms with Crippen molar-refractivity contribution in [2.24, 2.45) is 0 Å². The van der Waals surface area contributed by atoms with Crippen molar-refractivity contribution in [2.45, 2.75) is 25.6 Å². The lowest BCUT2D eigenvalue weighted by Crippen LogP contribution is -2.48. The van der Waals surface area contributed by atoms with Crippen LogP contribution in [-0.4, -0.2) is 55.3 Å². The summed E-state index contributed by atoms with van der Waals surface area (Å²) in [6.45, 7) is 0.740. The zero-order valence-electron chi connectivity index (χ0n) is 17.1. The zero-order valence-corrected chi connectivity index (χ0v) is 17.9. The highest BCUT2D eigenvalue weighted by Crippen LogP contribution is 2.07. The molecule has 31 heavy (non-hydrogen) atoms. The molecule has 0 heterocycles. The average Bonchev–Trinajstić information content (AvgIpc) is 2.74. The Kier molecular flexibility index (Phi) is 8.47. The Balaban J connectivity index is 2.07. The average molecular weight is 445 g/mol. The molecule has 0 spiro atoms. The van der Waals surface area contributed by atoms with E-state index in [2.05, 4.69) is 21.9 Å². The highest BCUT2D eigenvalue weighted by molar-refractivity contribution is 7.88. The number of aliphatic hydroxyl groups is 2. The second-order valence-corrected chi connectivity index (χ2v) is 8.77. The van der Waals surface area contributed by atoms with E-state index in [-0.39, 0.29) is 12.1 Å². The van der Waals surface area contributed by atoms with E-state index >= 15 is 0 Å². The van der Waals surface area contributed by atoms with Crippen LogP contribution in [-0.2, 0) is 21.4 Å². The predicted molar refractivity (Wildman–Crippen MR) is 116 cm³/mol. The Labute approximate surface area is 181 Å². The third-order valence-electron chi connectivity index (χ3n) is 4.24. The lowest BCUT2D eigenvalue weighted by molar-refractivity contribution is -0.125. The molecule has 2 rings (SSSR count). The molecule has 0 radical (unpaired) electrons. The van der Waals surface area contributed by atoms with Crippen LogP contribution < -0.4 is 10.0 Å². The van der Waals surface area contributed by atoms with Gasteiger partial charge in [0.15, 0.2) is 5.78 Å². The molecule has 0 saturated carbocycles. The molecule has 2 atom stereocenters. The molecule has 0 saturated heterocycles. The fourth-order valence-corrected chi connectivity index (χ4v) is 3.04. The molecule has 0 fully saturated rings. The van der Waals surface area contributed by atoms with Crippen molar-refractivity contribution in [3.63, 3.8) is 0 Å². The standard InChI is InChI=1S/C22H24N2O6S/c1-15(26)21(20(27)14-25)24-22(28)19-10-8-16(9-11-19)6-7-17-4-3-5-18(12-17)13-23-31(2,29)30/h3-5,8-12,15,21,23,25-26H,13-14H2,1-2H3,(H,24,28)/t15-,21+/m1/s1. The van der Waals surface area contributed by atoms with Gasteiger partial charge in [-0.2, -0.15) is 0 Å². The number of sulfonamides is 1. The van der Waals surface area contributed by atoms with Gasteiger partial charge in [0.25, 0.3) is 5.91 Å². The van der Waals surface area contributed by atoms with E-state index in [1.165, 1.54) is 19.1 Å². The van der Waals surface area contributed by atoms with E-state index in [9.17, 15) is 23.1 Å². The number of Topliss-reactive ketones (excluding diaryl/α,β-unsaturated/α-hetero) is 1. The Bertz CT molecular complexity index is 1100. The number of carbonyl (C=O) groups excluding carboxylic acids is 2. The van der Waals surface area contributed by atoms with Crippen LogP contribution in [0.15, 0.2) is 48.5 Å². The van der Waals surface area contributed by atoms with Gasteiger partial charge < -0.3 is 15.5 Å². The number of amides is 1. The van der Waals surface area contributed by atoms with Crippen LogP contribution in [0.5, 0.6) is 0 Å². The molecule has 4 N–H and O–H groups in total. The van der Waals surface area contributed by atoms with Crippen molar-refractivity contribution in [1.82, 2.24) is 10.0 Å². The molecule has 2 aromatic carbocycles. The van der Waals surface area contributed by atoms with Crippen LogP contribution in [0.2, 0.25) is 0 Å². The number of benzene rings is 2. The summed E-state index contributed by atoms with van der Waals surface area (Å²) in [4.78, 5) is 23.9. The molecule has 0 aliphatic heterocycles. The molecule has 0 aliphatic carbocycles. The first-order chi connectivity index (χ1) is 14.6. The van der Waals surface area contributed by atoms with Crippen LogP contribution in [0.4, 0.5) is 0 Å². The molecule has 0 aliphatic rings. The summed E-state index contributed by atoms with van der Waals surface area (Å²) in [5.41, 5.74) is 2.40. The van der Waals surface area contributed by atoms with Crippen molar-refractivity contribution in [1.29, 1.82) is 0 Å². The monoisotopic (exact) mass is 444 g/mol. The minimum Gasteiger partial charge on any atom is -0.391 e. The molecular weight excluding hydrogens is 420 g/mol. The Hall–Kier alpha value is -3.03. The third-order valence-corrected chi connectivity index (χ3v) is 4.90. The summed E-state index contributed by atoms with van der Waals surface area (Å²) < 4.78 is 24.8. The summed E-state index contributed by atoms with van der Waals surface area (Å²) in [5, 5.41) is 21.0. The van der Waals surface area contributed by atoms with Gasteiger partial charge in [0.2, 0.25) is 10.0 Å². The number of rotatable bonds is 8. The first-order valence-electron chi connectivity index (χ1n) is 9.37. The van der Waals surface area contributed by atoms with E-state index in [0.717, 1.165) is 11.8 Å². The van der Waals surface area contributed by atoms with Crippen LogP contribution >= 0.6 is 0 Å². The number of carbonyl (C=O) groups is 2. The molecule has 9 heteroatoms. The first-order valence-corrected chi connectivity index (χ1v) is 11.3. The number of nitrogens with one attached hydrogen (secondary N) is 2. The van der Waals surface area contributed by atoms with Crippen molar-refractivity contribution < 1.29 is 28.2 Å². The molecule has 8 nitrogen and oxygen atoms in total. The van der Waals surface area contributed by atoms with Gasteiger partial charge >= 0.3 is 0 Å². The quantitative estimate of drug-likeness (QED) is 0.429. The lowest BCUT2D eigenvalue weighted by Gasteiger charge is -2.19. The van der Waals surface area contributed by atoms with Crippen molar-refractivity contribution in [2.75, 3.05) is 12.9 Å². The van der Waals surface area contributed by atoms with Gasteiger partial charge in [-0.15, -0.1) is 0 Å². The molecular formula is C22H24N2O6S. The Morgan fingerprint density at radius 2 is 1.71 bits per heavy atom. The maximum atomic E-state index is 12.3. The largest absolute Gasteiger partial charge is 0.391 e. The van der Waals surface area contributed by atoms with Gasteiger partial charge in [0.05, 0.1) is 12.4 Å². The van der Waals surface area contributed by atoms with Gasteiger partial charge in [-0.25, -0.2) is 13.1 Å². The molecule has 0 bridgehead atoms. The number of hydrogen-bond donors (Lipinski definition) is 4. The minimum atomic E-state index is -3.28. The molecule has 0 unspecified atom stereocenters. The van der Waals surface area contributed by atoms with Gasteiger partial charge in [0, 0.05) is 23.2 Å². The smallest absolute Gasteiger partial charge is 0.251 e. The van der Waals surface area contributed by atoms with Gasteiger partial charge in [0.1, 0.15) is 12.6 Å². The fourth-order valence-electron chi connectivity index (χ4n) is 2.62. The van der Waals surface area contributed by atoms with Crippen molar-refractivity contribution in [3.05, 3.63) is 70.8 Å². The van der Waals surface area contributed by atoms with Gasteiger partial charge in [-0.3, -0.25) is 9.59 Å². The number of hydrogen-bond acceptors (Lipinski definition) is 6. The minimum absolute atomic E-state index is 0.171. The maximum Gasteiger partial charge on any atom is 0.251 e. The van der Waals surface area contributed by atoms with Crippen LogP contribution in [0.25, 0.3) is 0 Å². The van der Waals surface area contributed by atoms with Gasteiger partial charge in [-0.1, -0.05) is 24.0 Å². The summed E-state index contributed by atoms with van der Waals surface area (Å²) in [6.07, 6.45) is -0.0487. The molecule has 1 amide bonds. The fraction of sp³-hybridized carbons (Fsp3) is 0.273. The van der Waals surface area contributed by atoms with Crippen molar-refractivity contribution in [3.8, 4) is 11.8 Å². The Morgan fingerprint density at radius 3 is 2.29 bits per heavy atom. The van der Waals surface area contributed by atoms with E-state index in [0.29, 0.717) is 11.1 Å². The number of ketones is 1. The lowest BCUT2D eigenvalue weighted by atomic mass is 10.1. The van der Waals surface area contributed by atoms with E-state index in [1.54, 1.807) is 36.4 Å². The highest BCUT2D eigenvalue weighted by Gasteiger charge is 2.25. The molecule has 2 aromatic rings. The summed E-state index contributed by atoms with van der Waals surface area (Å²) in [7, 11) is -3.28. The van der Waals surface area contributed by atoms with Crippen LogP contribution in [0, 0.1) is 11.8 Å². The maximum absolute atomic E-state index is 12.3. The normalized spacial score (nSPS) is 12.9. The second kappa shape index (κ2) is 10.8. The molecule has 164 valence electrons. The number of aliphatic hydroxyl groups excluding tert-OH is 2. The summed E-state index contributed by atoms with van der Waals surface area (Å²) >= 11 is 0. The second-order valence-electron chi connectivity index (χ2n) is 6.94. The van der Waals surface area contributed by atoms with Crippen LogP contribution in [0.3, 0.4) is 0 Å². The predicted octanol–water partition coefficient (Wildman–Crippen LogP) is 0.176. The summed E-state index contributed by atoms with van der Waals surface area (Å²) in [6, 6.07) is 12.3. The Morgan fingerprint density at radius 1 is 1.06 bits per heavy atom. The van der Waals surface area contributed by atoms with E-state index in [1.807, 2.05) is 0 Å². The topological polar surface area (TPSA) is 133 Å². The third kappa shape index (κ3) is 7.96. The van der Waals surface area contributed by atoms with Crippen LogP contribution in [0.1, 0.15) is 34.0 Å². The summed E-state index contributed by atoms with van der Waals surface area (Å²) in [5.74, 6) is 4.71. The molecule has 0 aromatic heterocycles. The van der Waals surface area contributed by atoms with E-state index < -0.39 is 40.5 Å². The van der Waals surface area contributed by atoms with Crippen molar-refractivity contribution >= 4 is 21.7 Å².